The lowest BCUT2D eigenvalue weighted by atomic mass is 10.2. The third kappa shape index (κ3) is 3.95. The molecule has 3 heteroatoms. The van der Waals surface area contributed by atoms with Crippen molar-refractivity contribution in [3.05, 3.63) is 42.5 Å². The highest BCUT2D eigenvalue weighted by Gasteiger charge is 2.07. The standard InChI is InChI=1S/C12H16N2O/c1-10(9-14(2)3)12(15)13-11-7-5-4-6-8-11/h4-8H,1,9H2,2-3H3,(H,13,15). The van der Waals surface area contributed by atoms with Gasteiger partial charge in [-0.2, -0.15) is 0 Å². The Morgan fingerprint density at radius 3 is 2.47 bits per heavy atom. The molecule has 1 amide bonds. The lowest BCUT2D eigenvalue weighted by molar-refractivity contribution is -0.113. The molecule has 0 atom stereocenters. The van der Waals surface area contributed by atoms with E-state index in [4.69, 9.17) is 0 Å². The van der Waals surface area contributed by atoms with E-state index in [1.54, 1.807) is 0 Å². The van der Waals surface area contributed by atoms with Gasteiger partial charge in [-0.3, -0.25) is 4.79 Å². The van der Waals surface area contributed by atoms with Gasteiger partial charge >= 0.3 is 0 Å². The zero-order valence-electron chi connectivity index (χ0n) is 9.16. The molecule has 0 aromatic heterocycles. The third-order valence-corrected chi connectivity index (χ3v) is 1.86. The molecule has 0 spiro atoms. The molecule has 0 radical (unpaired) electrons. The van der Waals surface area contributed by atoms with E-state index in [1.807, 2.05) is 49.3 Å². The summed E-state index contributed by atoms with van der Waals surface area (Å²) in [4.78, 5) is 13.5. The van der Waals surface area contributed by atoms with E-state index >= 15 is 0 Å². The van der Waals surface area contributed by atoms with Crippen LogP contribution in [0.4, 0.5) is 5.69 Å². The van der Waals surface area contributed by atoms with E-state index in [9.17, 15) is 4.79 Å². The summed E-state index contributed by atoms with van der Waals surface area (Å²) in [6.45, 7) is 4.31. The van der Waals surface area contributed by atoms with Crippen LogP contribution in [0.3, 0.4) is 0 Å². The van der Waals surface area contributed by atoms with Crippen molar-refractivity contribution in [1.82, 2.24) is 4.90 Å². The van der Waals surface area contributed by atoms with Gasteiger partial charge in [-0.15, -0.1) is 0 Å². The molecule has 1 N–H and O–H groups in total. The number of rotatable bonds is 4. The van der Waals surface area contributed by atoms with E-state index in [0.29, 0.717) is 12.1 Å². The van der Waals surface area contributed by atoms with Crippen LogP contribution in [-0.2, 0) is 4.79 Å². The van der Waals surface area contributed by atoms with Crippen molar-refractivity contribution in [1.29, 1.82) is 0 Å². The van der Waals surface area contributed by atoms with Crippen LogP contribution in [0.25, 0.3) is 0 Å². The topological polar surface area (TPSA) is 32.3 Å². The normalized spacial score (nSPS) is 10.1. The Kier molecular flexibility index (Phi) is 4.06. The van der Waals surface area contributed by atoms with Crippen molar-refractivity contribution in [3.8, 4) is 0 Å². The summed E-state index contributed by atoms with van der Waals surface area (Å²) < 4.78 is 0. The maximum Gasteiger partial charge on any atom is 0.252 e. The van der Waals surface area contributed by atoms with Crippen molar-refractivity contribution in [2.75, 3.05) is 26.0 Å². The predicted molar refractivity (Wildman–Crippen MR) is 62.8 cm³/mol. The molecule has 0 unspecified atom stereocenters. The van der Waals surface area contributed by atoms with Gasteiger partial charge in [0.1, 0.15) is 0 Å². The van der Waals surface area contributed by atoms with E-state index in [-0.39, 0.29) is 5.91 Å². The lowest BCUT2D eigenvalue weighted by Crippen LogP contribution is -2.23. The van der Waals surface area contributed by atoms with Gasteiger partial charge in [0.2, 0.25) is 0 Å². The summed E-state index contributed by atoms with van der Waals surface area (Å²) >= 11 is 0. The average molecular weight is 204 g/mol. The van der Waals surface area contributed by atoms with Crippen molar-refractivity contribution in [2.24, 2.45) is 0 Å². The second kappa shape index (κ2) is 5.32. The zero-order chi connectivity index (χ0) is 11.3. The number of nitrogens with one attached hydrogen (secondary N) is 1. The molecule has 0 aliphatic rings. The van der Waals surface area contributed by atoms with Crippen LogP contribution in [0, 0.1) is 0 Å². The first-order valence-electron chi connectivity index (χ1n) is 4.78. The monoisotopic (exact) mass is 204 g/mol. The lowest BCUT2D eigenvalue weighted by Gasteiger charge is -2.12. The minimum Gasteiger partial charge on any atom is -0.322 e. The summed E-state index contributed by atoms with van der Waals surface area (Å²) in [7, 11) is 3.81. The van der Waals surface area contributed by atoms with E-state index in [1.165, 1.54) is 0 Å². The summed E-state index contributed by atoms with van der Waals surface area (Å²) in [5, 5.41) is 2.78. The number of amides is 1. The van der Waals surface area contributed by atoms with Crippen LogP contribution in [-0.4, -0.2) is 31.4 Å². The van der Waals surface area contributed by atoms with Crippen molar-refractivity contribution in [2.45, 2.75) is 0 Å². The Morgan fingerprint density at radius 2 is 1.93 bits per heavy atom. The molecule has 1 rings (SSSR count). The fraction of sp³-hybridized carbons (Fsp3) is 0.250. The van der Waals surface area contributed by atoms with Crippen LogP contribution in [0.15, 0.2) is 42.5 Å². The number of carbonyl (C=O) groups excluding carboxylic acids is 1. The first kappa shape index (κ1) is 11.5. The Bertz CT molecular complexity index is 344. The molecule has 0 fully saturated rings. The molecule has 80 valence electrons. The molecule has 0 aliphatic carbocycles. The smallest absolute Gasteiger partial charge is 0.252 e. The molecular formula is C12H16N2O. The number of carbonyl (C=O) groups is 1. The quantitative estimate of drug-likeness (QED) is 0.758. The number of anilines is 1. The third-order valence-electron chi connectivity index (χ3n) is 1.86. The predicted octanol–water partition coefficient (Wildman–Crippen LogP) is 1.74. The SMILES string of the molecule is C=C(CN(C)C)C(=O)Nc1ccccc1. The first-order valence-corrected chi connectivity index (χ1v) is 4.78. The molecule has 0 saturated carbocycles. The van der Waals surface area contributed by atoms with E-state index < -0.39 is 0 Å². The second-order valence-corrected chi connectivity index (χ2v) is 3.66. The first-order chi connectivity index (χ1) is 7.09. The number of benzene rings is 1. The highest BCUT2D eigenvalue weighted by molar-refractivity contribution is 6.03. The largest absolute Gasteiger partial charge is 0.322 e. The van der Waals surface area contributed by atoms with Crippen molar-refractivity contribution < 1.29 is 4.79 Å². The molecule has 3 nitrogen and oxygen atoms in total. The number of likely N-dealkylation sites (N-methyl/N-ethyl adjacent to an activating group) is 1. The maximum absolute atomic E-state index is 11.6. The molecule has 15 heavy (non-hydrogen) atoms. The summed E-state index contributed by atoms with van der Waals surface area (Å²) in [5.41, 5.74) is 1.35. The molecule has 1 aromatic rings. The summed E-state index contributed by atoms with van der Waals surface area (Å²) in [6.07, 6.45) is 0. The molecular weight excluding hydrogens is 188 g/mol. The average Bonchev–Trinajstić information content (AvgIpc) is 2.18. The van der Waals surface area contributed by atoms with Crippen LogP contribution >= 0.6 is 0 Å². The van der Waals surface area contributed by atoms with Gasteiger partial charge in [0.15, 0.2) is 0 Å². The molecule has 0 saturated heterocycles. The highest BCUT2D eigenvalue weighted by Crippen LogP contribution is 2.06. The van der Waals surface area contributed by atoms with Crippen LogP contribution in [0.1, 0.15) is 0 Å². The minimum absolute atomic E-state index is 0.130. The highest BCUT2D eigenvalue weighted by atomic mass is 16.1. The summed E-state index contributed by atoms with van der Waals surface area (Å²) in [6, 6.07) is 9.36. The van der Waals surface area contributed by atoms with Crippen molar-refractivity contribution in [3.63, 3.8) is 0 Å². The maximum atomic E-state index is 11.6. The Hall–Kier alpha value is -1.61. The van der Waals surface area contributed by atoms with E-state index in [0.717, 1.165) is 5.69 Å². The molecule has 0 aliphatic heterocycles. The Morgan fingerprint density at radius 1 is 1.33 bits per heavy atom. The summed E-state index contributed by atoms with van der Waals surface area (Å²) in [5.74, 6) is -0.130. The number of para-hydroxylation sites is 1. The van der Waals surface area contributed by atoms with Gasteiger partial charge in [0.25, 0.3) is 5.91 Å². The second-order valence-electron chi connectivity index (χ2n) is 3.66. The molecule has 0 heterocycles. The van der Waals surface area contributed by atoms with Crippen LogP contribution < -0.4 is 5.32 Å². The van der Waals surface area contributed by atoms with Gasteiger partial charge in [0.05, 0.1) is 0 Å². The van der Waals surface area contributed by atoms with Gasteiger partial charge in [-0.05, 0) is 26.2 Å². The minimum atomic E-state index is -0.130. The Labute approximate surface area is 90.4 Å². The van der Waals surface area contributed by atoms with Crippen LogP contribution in [0.5, 0.6) is 0 Å². The number of nitrogens with zero attached hydrogens (tertiary/aromatic N) is 1. The van der Waals surface area contributed by atoms with E-state index in [2.05, 4.69) is 11.9 Å². The van der Waals surface area contributed by atoms with Crippen LogP contribution in [0.2, 0.25) is 0 Å². The number of hydrogen-bond acceptors (Lipinski definition) is 2. The fourth-order valence-corrected chi connectivity index (χ4v) is 1.19. The Balaban J connectivity index is 2.53. The van der Waals surface area contributed by atoms with Gasteiger partial charge in [0, 0.05) is 17.8 Å². The molecule has 0 bridgehead atoms. The van der Waals surface area contributed by atoms with Crippen molar-refractivity contribution >= 4 is 11.6 Å². The zero-order valence-corrected chi connectivity index (χ0v) is 9.16. The fourth-order valence-electron chi connectivity index (χ4n) is 1.19. The van der Waals surface area contributed by atoms with Gasteiger partial charge in [-0.1, -0.05) is 24.8 Å². The van der Waals surface area contributed by atoms with Gasteiger partial charge < -0.3 is 10.2 Å². The number of hydrogen-bond donors (Lipinski definition) is 1. The van der Waals surface area contributed by atoms with Gasteiger partial charge in [-0.25, -0.2) is 0 Å². The molecule has 1 aromatic carbocycles.